The second-order valence-corrected chi connectivity index (χ2v) is 10.9. The van der Waals surface area contributed by atoms with Crippen LogP contribution in [0.5, 0.6) is 5.75 Å². The van der Waals surface area contributed by atoms with E-state index in [1.165, 1.54) is 6.07 Å². The van der Waals surface area contributed by atoms with E-state index >= 15 is 0 Å². The molecule has 3 atom stereocenters. The number of piperazine rings is 1. The monoisotopic (exact) mass is 499 g/mol. The first-order valence-corrected chi connectivity index (χ1v) is 12.9. The highest BCUT2D eigenvalue weighted by molar-refractivity contribution is 8.00. The van der Waals surface area contributed by atoms with E-state index in [4.69, 9.17) is 11.4 Å². The van der Waals surface area contributed by atoms with Crippen LogP contribution in [0.2, 0.25) is 0 Å². The fourth-order valence-corrected chi connectivity index (χ4v) is 7.40. The van der Waals surface area contributed by atoms with Crippen molar-refractivity contribution in [1.29, 1.82) is 0 Å². The second kappa shape index (κ2) is 8.03. The number of hydrogen-bond donors (Lipinski definition) is 2. The van der Waals surface area contributed by atoms with Crippen molar-refractivity contribution in [3.8, 4) is 29.4 Å². The largest absolute Gasteiger partial charge is 0.508 e. The minimum absolute atomic E-state index is 0.0168. The number of aromatic nitrogens is 3. The van der Waals surface area contributed by atoms with E-state index in [1.54, 1.807) is 46.9 Å². The number of benzene rings is 2. The Hall–Kier alpha value is -3.45. The number of phenols is 1. The molecule has 7 nitrogen and oxygen atoms in total. The third-order valence-corrected chi connectivity index (χ3v) is 8.89. The standard InChI is InChI=1S/C27H22FN5O2S/c1-2-19-21(28)6-3-14-7-18(34)8-20(23(14)19)24-26-25-15(9-29-24)10-30-27(35)33(25)13-22(36-26)32-11-16-4-5-17(12-32)31-16/h1,3,6-10,16-17,22,31,34H,4-5,11-13H2. The number of hydrogen-bond acceptors (Lipinski definition) is 7. The number of rotatable bonds is 2. The van der Waals surface area contributed by atoms with Gasteiger partial charge in [0.25, 0.3) is 0 Å². The van der Waals surface area contributed by atoms with Gasteiger partial charge in [0.1, 0.15) is 11.6 Å². The average molecular weight is 500 g/mol. The van der Waals surface area contributed by atoms with Gasteiger partial charge in [0.05, 0.1) is 33.6 Å². The summed E-state index contributed by atoms with van der Waals surface area (Å²) >= 11 is 1.67. The summed E-state index contributed by atoms with van der Waals surface area (Å²) in [6, 6.07) is 6.98. The zero-order valence-corrected chi connectivity index (χ0v) is 20.1. The van der Waals surface area contributed by atoms with Crippen LogP contribution < -0.4 is 11.0 Å². The molecule has 4 aromatic rings. The molecule has 0 spiro atoms. The van der Waals surface area contributed by atoms with E-state index in [0.29, 0.717) is 40.7 Å². The Balaban J connectivity index is 1.47. The molecule has 3 aliphatic heterocycles. The van der Waals surface area contributed by atoms with Crippen LogP contribution in [0.25, 0.3) is 32.9 Å². The maximum absolute atomic E-state index is 14.8. The van der Waals surface area contributed by atoms with Crippen molar-refractivity contribution in [3.05, 3.63) is 58.5 Å². The molecule has 36 heavy (non-hydrogen) atoms. The van der Waals surface area contributed by atoms with Gasteiger partial charge in [-0.2, -0.15) is 0 Å². The molecule has 2 bridgehead atoms. The van der Waals surface area contributed by atoms with Gasteiger partial charge in [-0.25, -0.2) is 14.2 Å². The molecule has 5 heterocycles. The minimum Gasteiger partial charge on any atom is -0.508 e. The van der Waals surface area contributed by atoms with Crippen molar-refractivity contribution in [2.45, 2.75) is 41.7 Å². The van der Waals surface area contributed by atoms with Gasteiger partial charge < -0.3 is 10.4 Å². The molecule has 2 saturated heterocycles. The summed E-state index contributed by atoms with van der Waals surface area (Å²) in [5, 5.41) is 16.1. The lowest BCUT2D eigenvalue weighted by molar-refractivity contribution is 0.172. The molecule has 2 aromatic heterocycles. The number of pyridine rings is 1. The van der Waals surface area contributed by atoms with E-state index in [-0.39, 0.29) is 22.4 Å². The van der Waals surface area contributed by atoms with Crippen LogP contribution in [0.3, 0.4) is 0 Å². The van der Waals surface area contributed by atoms with Crippen molar-refractivity contribution < 1.29 is 9.50 Å². The fourth-order valence-electron chi connectivity index (χ4n) is 5.97. The molecule has 0 radical (unpaired) electrons. The molecule has 9 heteroatoms. The van der Waals surface area contributed by atoms with Crippen LogP contribution in [0, 0.1) is 18.2 Å². The van der Waals surface area contributed by atoms with Gasteiger partial charge in [-0.1, -0.05) is 12.0 Å². The quantitative estimate of drug-likeness (QED) is 0.410. The lowest BCUT2D eigenvalue weighted by Gasteiger charge is -2.40. The highest BCUT2D eigenvalue weighted by atomic mass is 32.2. The Bertz CT molecular complexity index is 1670. The predicted octanol–water partition coefficient (Wildman–Crippen LogP) is 3.31. The molecule has 2 N–H and O–H groups in total. The molecule has 2 aromatic carbocycles. The summed E-state index contributed by atoms with van der Waals surface area (Å²) in [6.45, 7) is 2.35. The molecule has 2 fully saturated rings. The van der Waals surface area contributed by atoms with E-state index < -0.39 is 5.82 Å². The van der Waals surface area contributed by atoms with Crippen LogP contribution in [0.15, 0.2) is 46.3 Å². The predicted molar refractivity (Wildman–Crippen MR) is 137 cm³/mol. The van der Waals surface area contributed by atoms with Crippen LogP contribution in [-0.4, -0.2) is 55.1 Å². The smallest absolute Gasteiger partial charge is 0.348 e. The summed E-state index contributed by atoms with van der Waals surface area (Å²) in [5.41, 5.74) is 1.69. The normalized spacial score (nSPS) is 23.3. The zero-order valence-electron chi connectivity index (χ0n) is 19.2. The zero-order chi connectivity index (χ0) is 24.6. The Morgan fingerprint density at radius 2 is 1.89 bits per heavy atom. The van der Waals surface area contributed by atoms with E-state index in [1.807, 2.05) is 0 Å². The molecular weight excluding hydrogens is 477 g/mol. The Morgan fingerprint density at radius 3 is 2.67 bits per heavy atom. The highest BCUT2D eigenvalue weighted by Gasteiger charge is 2.38. The van der Waals surface area contributed by atoms with Gasteiger partial charge in [-0.05, 0) is 36.4 Å². The average Bonchev–Trinajstić information content (AvgIpc) is 3.22. The SMILES string of the molecule is C#Cc1c(F)ccc2cc(O)cc(-c3ncc4cnc(=O)n5c4c3SC(N3CC4CCC(C3)N4)C5)c12. The topological polar surface area (TPSA) is 83.3 Å². The fraction of sp³-hybridized carbons (Fsp3) is 0.296. The number of nitrogens with zero attached hydrogens (tertiary/aromatic N) is 4. The lowest BCUT2D eigenvalue weighted by Crippen LogP contribution is -2.55. The number of thioether (sulfide) groups is 1. The number of phenolic OH excluding ortho intramolecular Hbond substituents is 1. The summed E-state index contributed by atoms with van der Waals surface area (Å²) in [4.78, 5) is 25.1. The highest BCUT2D eigenvalue weighted by Crippen LogP contribution is 2.45. The van der Waals surface area contributed by atoms with Gasteiger partial charge in [-0.15, -0.1) is 18.2 Å². The molecule has 0 aliphatic carbocycles. The molecule has 0 saturated carbocycles. The molecule has 0 amide bonds. The first kappa shape index (κ1) is 21.8. The maximum Gasteiger partial charge on any atom is 0.348 e. The molecule has 180 valence electrons. The third kappa shape index (κ3) is 3.25. The van der Waals surface area contributed by atoms with E-state index in [0.717, 1.165) is 41.7 Å². The van der Waals surface area contributed by atoms with Crippen molar-refractivity contribution in [1.82, 2.24) is 24.8 Å². The molecule has 3 unspecified atom stereocenters. The van der Waals surface area contributed by atoms with Gasteiger partial charge in [-0.3, -0.25) is 14.5 Å². The van der Waals surface area contributed by atoms with Gasteiger partial charge in [0.2, 0.25) is 0 Å². The summed E-state index contributed by atoms with van der Waals surface area (Å²) in [5.74, 6) is 2.01. The number of fused-ring (bicyclic) bond motifs is 3. The number of likely N-dealkylation sites (tertiary alicyclic amines) is 1. The summed E-state index contributed by atoms with van der Waals surface area (Å²) in [6.07, 6.45) is 11.3. The van der Waals surface area contributed by atoms with Gasteiger partial charge in [0, 0.05) is 53.9 Å². The van der Waals surface area contributed by atoms with E-state index in [9.17, 15) is 14.3 Å². The van der Waals surface area contributed by atoms with Crippen molar-refractivity contribution in [3.63, 3.8) is 0 Å². The molecule has 3 aliphatic rings. The lowest BCUT2D eigenvalue weighted by atomic mass is 9.96. The number of aromatic hydroxyl groups is 1. The van der Waals surface area contributed by atoms with Crippen LogP contribution in [-0.2, 0) is 6.54 Å². The first-order chi connectivity index (χ1) is 17.5. The van der Waals surface area contributed by atoms with Crippen LogP contribution >= 0.6 is 11.8 Å². The Labute approximate surface area is 210 Å². The van der Waals surface area contributed by atoms with E-state index in [2.05, 4.69) is 21.1 Å². The van der Waals surface area contributed by atoms with Gasteiger partial charge in [0.15, 0.2) is 0 Å². The molecule has 7 rings (SSSR count). The minimum atomic E-state index is -0.505. The molecular formula is C27H22FN5O2S. The maximum atomic E-state index is 14.8. The van der Waals surface area contributed by atoms with Crippen LogP contribution in [0.1, 0.15) is 18.4 Å². The Morgan fingerprint density at radius 1 is 1.11 bits per heavy atom. The third-order valence-electron chi connectivity index (χ3n) is 7.55. The number of halogens is 1. The van der Waals surface area contributed by atoms with Crippen LogP contribution in [0.4, 0.5) is 4.39 Å². The summed E-state index contributed by atoms with van der Waals surface area (Å²) < 4.78 is 16.5. The summed E-state index contributed by atoms with van der Waals surface area (Å²) in [7, 11) is 0. The van der Waals surface area contributed by atoms with Crippen molar-refractivity contribution >= 4 is 33.4 Å². The van der Waals surface area contributed by atoms with Crippen molar-refractivity contribution in [2.24, 2.45) is 0 Å². The first-order valence-electron chi connectivity index (χ1n) is 12.0. The van der Waals surface area contributed by atoms with Crippen molar-refractivity contribution in [2.75, 3.05) is 13.1 Å². The van der Waals surface area contributed by atoms with Gasteiger partial charge >= 0.3 is 5.69 Å². The number of terminal acetylenes is 1. The second-order valence-electron chi connectivity index (χ2n) is 9.71. The number of nitrogens with one attached hydrogen (secondary N) is 1. The Kier molecular flexibility index (Phi) is 4.86.